The van der Waals surface area contributed by atoms with Crippen molar-refractivity contribution in [3.8, 4) is 0 Å². The minimum absolute atomic E-state index is 0.0392. The number of hydrogen-bond donors (Lipinski definition) is 7. The maximum Gasteiger partial charge on any atom is 0.310 e. The summed E-state index contributed by atoms with van der Waals surface area (Å²) in [4.78, 5) is 187. The average molecular weight is 1270 g/mol. The summed E-state index contributed by atoms with van der Waals surface area (Å²) in [7, 11) is 5.04. The van der Waals surface area contributed by atoms with Crippen LogP contribution < -0.4 is 31.9 Å². The van der Waals surface area contributed by atoms with Gasteiger partial charge < -0.3 is 85.1 Å². The maximum absolute atomic E-state index is 13.2. The van der Waals surface area contributed by atoms with E-state index in [0.29, 0.717) is 25.4 Å². The molecule has 4 aliphatic heterocycles. The number of nitrogens with one attached hydrogen (secondary N) is 6. The molecule has 0 bridgehead atoms. The van der Waals surface area contributed by atoms with Crippen molar-refractivity contribution in [3.63, 3.8) is 0 Å². The summed E-state index contributed by atoms with van der Waals surface area (Å²) in [5.74, 6) is -6.27. The molecule has 4 atom stereocenters. The van der Waals surface area contributed by atoms with E-state index in [2.05, 4.69) is 44.5 Å². The summed E-state index contributed by atoms with van der Waals surface area (Å²) in [5.41, 5.74) is 0. The first-order valence-corrected chi connectivity index (χ1v) is 30.6. The minimum Gasteiger partial charge on any atom is -0.469 e. The Balaban J connectivity index is 1.21. The molecule has 4 heterocycles. The Kier molecular flexibility index (Phi) is 33.0. The zero-order valence-electron chi connectivity index (χ0n) is 51.3. The average Bonchev–Trinajstić information content (AvgIpc) is 4.47. The number of rotatable bonds is 42. The van der Waals surface area contributed by atoms with Gasteiger partial charge in [0, 0.05) is 220 Å². The Morgan fingerprint density at radius 2 is 0.557 bits per heavy atom. The number of carbonyl (C=O) groups is 14. The Morgan fingerprint density at radius 3 is 0.761 bits per heavy atom. The van der Waals surface area contributed by atoms with Gasteiger partial charge in [-0.2, -0.15) is 12.6 Å². The van der Waals surface area contributed by atoms with E-state index in [-0.39, 0.29) is 254 Å². The molecule has 4 unspecified atom stereocenters. The topological polar surface area (TPSA) is 371 Å². The van der Waals surface area contributed by atoms with Gasteiger partial charge in [0.1, 0.15) is 0 Å². The van der Waals surface area contributed by atoms with Crippen LogP contribution in [0.2, 0.25) is 0 Å². The Labute approximate surface area is 518 Å². The van der Waals surface area contributed by atoms with Crippen LogP contribution in [0.3, 0.4) is 0 Å². The highest BCUT2D eigenvalue weighted by Crippen LogP contribution is 2.21. The highest BCUT2D eigenvalue weighted by Gasteiger charge is 2.38. The molecule has 0 aromatic heterocycles. The molecule has 0 saturated carbocycles. The molecular formula is C56H91N13O18S. The van der Waals surface area contributed by atoms with Crippen molar-refractivity contribution < 1.29 is 86.1 Å². The fraction of sp³-hybridized carbons (Fsp3) is 0.750. The fourth-order valence-corrected chi connectivity index (χ4v) is 10.8. The van der Waals surface area contributed by atoms with Gasteiger partial charge in [0.15, 0.2) is 0 Å². The van der Waals surface area contributed by atoms with Gasteiger partial charge in [0.2, 0.25) is 59.1 Å². The third-order valence-corrected chi connectivity index (χ3v) is 15.9. The van der Waals surface area contributed by atoms with Crippen LogP contribution >= 0.6 is 12.6 Å². The molecule has 0 radical (unpaired) electrons. The summed E-state index contributed by atoms with van der Waals surface area (Å²) in [6, 6.07) is 0. The SMILES string of the molecule is COC(=O)C1CC(=O)N(CCNC(=O)CCN(CCNC(=O)CCN(CCS)CCC(=O)NCCN(CCC(=O)NCCN2CC(C(=O)OC)CC2=O)CCC(=O)NCCN2CC(C(=O)OC)CC2=O)CCC(=O)NCCN2CC(C(=O)OC)CC2=O)C1. The Morgan fingerprint density at radius 1 is 0.352 bits per heavy atom. The monoisotopic (exact) mass is 1270 g/mol. The molecule has 0 aliphatic carbocycles. The van der Waals surface area contributed by atoms with Crippen molar-refractivity contribution in [3.05, 3.63) is 0 Å². The number of amides is 10. The van der Waals surface area contributed by atoms with Gasteiger partial charge in [-0.15, -0.1) is 0 Å². The summed E-state index contributed by atoms with van der Waals surface area (Å²) >= 11 is 4.38. The number of carbonyl (C=O) groups excluding carboxylic acids is 14. The van der Waals surface area contributed by atoms with Crippen molar-refractivity contribution in [2.24, 2.45) is 23.7 Å². The number of thiol groups is 1. The number of nitrogens with zero attached hydrogens (tertiary/aromatic N) is 7. The third-order valence-electron chi connectivity index (χ3n) is 15.7. The zero-order chi connectivity index (χ0) is 64.5. The molecule has 32 heteroatoms. The molecule has 6 N–H and O–H groups in total. The molecule has 494 valence electrons. The van der Waals surface area contributed by atoms with Gasteiger partial charge in [0.25, 0.3) is 0 Å². The fourth-order valence-electron chi connectivity index (χ4n) is 10.5. The second kappa shape index (κ2) is 39.7. The Hall–Kier alpha value is -7.19. The lowest BCUT2D eigenvalue weighted by molar-refractivity contribution is -0.145. The summed E-state index contributed by atoms with van der Waals surface area (Å²) in [6.45, 7) is 5.21. The van der Waals surface area contributed by atoms with E-state index in [1.165, 1.54) is 48.0 Å². The first kappa shape index (κ1) is 73.3. The molecule has 4 aliphatic rings. The summed E-state index contributed by atoms with van der Waals surface area (Å²) < 4.78 is 19.0. The lowest BCUT2D eigenvalue weighted by atomic mass is 10.1. The van der Waals surface area contributed by atoms with E-state index in [9.17, 15) is 67.1 Å². The highest BCUT2D eigenvalue weighted by molar-refractivity contribution is 7.80. The van der Waals surface area contributed by atoms with E-state index >= 15 is 0 Å². The van der Waals surface area contributed by atoms with Crippen LogP contribution in [0.4, 0.5) is 0 Å². The van der Waals surface area contributed by atoms with Crippen molar-refractivity contribution in [1.29, 1.82) is 0 Å². The van der Waals surface area contributed by atoms with Crippen LogP contribution in [0, 0.1) is 23.7 Å². The van der Waals surface area contributed by atoms with Crippen LogP contribution in [0.15, 0.2) is 0 Å². The van der Waals surface area contributed by atoms with Gasteiger partial charge >= 0.3 is 23.9 Å². The van der Waals surface area contributed by atoms with Crippen molar-refractivity contribution in [1.82, 2.24) is 66.2 Å². The number of methoxy groups -OCH3 is 4. The zero-order valence-corrected chi connectivity index (χ0v) is 52.2. The number of ether oxygens (including phenoxy) is 4. The second-order valence-corrected chi connectivity index (χ2v) is 22.4. The van der Waals surface area contributed by atoms with Crippen molar-refractivity contribution in [2.75, 3.05) is 185 Å². The summed E-state index contributed by atoms with van der Waals surface area (Å²) in [6.07, 6.45) is 0.499. The van der Waals surface area contributed by atoms with Gasteiger partial charge in [-0.1, -0.05) is 0 Å². The number of esters is 4. The molecule has 0 aromatic carbocycles. The lowest BCUT2D eigenvalue weighted by Gasteiger charge is -2.24. The predicted octanol–water partition coefficient (Wildman–Crippen LogP) is -5.05. The standard InChI is InChI=1S/C56H91N13O18S/c1-84-53(80)39-31-49(76)66(35-39)25-13-59-45(72)5-17-63(18-6-46(73)60-14-26-67-36-40(32-50(67)77)54(81)85-2)23-11-57-43(70)9-21-65(29-30-88)22-10-44(71)58-12-24-64(19-7-47(74)61-15-27-68-37-41(33-51(68)78)55(82)86-3)20-8-48(75)62-16-28-69-38-42(34-52(69)79)56(83)87-4/h39-42,88H,5-38H2,1-4H3,(H,57,70)(H,58,71)(H,59,72)(H,60,73)(H,61,74)(H,62,75). The van der Waals surface area contributed by atoms with Gasteiger partial charge in [-0.3, -0.25) is 67.1 Å². The normalized spacial score (nSPS) is 18.3. The van der Waals surface area contributed by atoms with Gasteiger partial charge in [-0.25, -0.2) is 0 Å². The third kappa shape index (κ3) is 26.6. The largest absolute Gasteiger partial charge is 0.469 e. The molecule has 4 rings (SSSR count). The molecule has 4 fully saturated rings. The van der Waals surface area contributed by atoms with Crippen molar-refractivity contribution >= 4 is 95.6 Å². The minimum atomic E-state index is -0.560. The quantitative estimate of drug-likeness (QED) is 0.0171. The molecule has 4 saturated heterocycles. The van der Waals surface area contributed by atoms with E-state index in [0.717, 1.165) is 0 Å². The second-order valence-electron chi connectivity index (χ2n) is 21.9. The lowest BCUT2D eigenvalue weighted by Crippen LogP contribution is -2.42. The van der Waals surface area contributed by atoms with Gasteiger partial charge in [0.05, 0.1) is 52.1 Å². The van der Waals surface area contributed by atoms with Crippen LogP contribution in [0.5, 0.6) is 0 Å². The van der Waals surface area contributed by atoms with Crippen LogP contribution in [-0.2, 0) is 86.1 Å². The molecule has 0 aromatic rings. The molecule has 0 spiro atoms. The Bertz CT molecular complexity index is 2130. The molecule has 10 amide bonds. The molecule has 31 nitrogen and oxygen atoms in total. The van der Waals surface area contributed by atoms with E-state index in [4.69, 9.17) is 18.9 Å². The maximum atomic E-state index is 13.2. The van der Waals surface area contributed by atoms with Gasteiger partial charge in [-0.05, 0) is 0 Å². The molecular weight excluding hydrogens is 1170 g/mol. The first-order valence-electron chi connectivity index (χ1n) is 30.0. The van der Waals surface area contributed by atoms with Crippen molar-refractivity contribution in [2.45, 2.75) is 64.2 Å². The van der Waals surface area contributed by atoms with E-state index in [1.54, 1.807) is 0 Å². The predicted molar refractivity (Wildman–Crippen MR) is 316 cm³/mol. The highest BCUT2D eigenvalue weighted by atomic mass is 32.1. The summed E-state index contributed by atoms with van der Waals surface area (Å²) in [5, 5.41) is 17.0. The van der Waals surface area contributed by atoms with Crippen LogP contribution in [0.25, 0.3) is 0 Å². The number of hydrogen-bond acceptors (Lipinski definition) is 22. The first-order chi connectivity index (χ1) is 42.2. The van der Waals surface area contributed by atoms with E-state index < -0.39 is 47.5 Å². The number of likely N-dealkylation sites (tertiary alicyclic amines) is 4. The van der Waals surface area contributed by atoms with E-state index in [1.807, 2.05) is 14.7 Å². The molecule has 88 heavy (non-hydrogen) atoms. The van der Waals surface area contributed by atoms with Crippen LogP contribution in [-0.4, -0.2) is 302 Å². The van der Waals surface area contributed by atoms with Crippen LogP contribution in [0.1, 0.15) is 64.2 Å². The smallest absolute Gasteiger partial charge is 0.310 e.